The van der Waals surface area contributed by atoms with E-state index in [-0.39, 0.29) is 27.6 Å². The summed E-state index contributed by atoms with van der Waals surface area (Å²) in [5, 5.41) is -0.268. The van der Waals surface area contributed by atoms with E-state index >= 15 is 17.6 Å². The minimum Gasteiger partial charge on any atom is -0.497 e. The SMILES string of the molecule is COc1ccc(-c2c3nc(c(-c4c(F)c(F)c(S[C@H]5CC[C@@]6(C)C(=CC[C@H]7[C@@H]8CC[C@H]([C@H](C)CCCC(C)C)[C@@]8(C)CC[C@@H]76)C5)c(F)c4F)c4nc(c(-c5ccc(OC)cc5)c5ccc([nH]5)c(-c5ccc(OC)cc5)c5ccc2[nH]5)C=C4)C=C3)cc1. The van der Waals surface area contributed by atoms with Gasteiger partial charge in [0.2, 0.25) is 0 Å². The molecule has 6 aliphatic rings. The van der Waals surface area contributed by atoms with E-state index in [0.717, 1.165) is 75.6 Å². The van der Waals surface area contributed by atoms with Crippen LogP contribution in [0.4, 0.5) is 17.6 Å². The lowest BCUT2D eigenvalue weighted by atomic mass is 9.47. The second-order valence-corrected chi connectivity index (χ2v) is 27.2. The number of aromatic nitrogens is 4. The molecule has 8 bridgehead atoms. The van der Waals surface area contributed by atoms with Crippen molar-refractivity contribution in [1.29, 1.82) is 0 Å². The maximum atomic E-state index is 17.7. The Balaban J connectivity index is 0.923. The van der Waals surface area contributed by atoms with Gasteiger partial charge in [0, 0.05) is 49.6 Å². The Bertz CT molecular complexity index is 3860. The van der Waals surface area contributed by atoms with Gasteiger partial charge in [-0.25, -0.2) is 27.5 Å². The molecule has 7 nitrogen and oxygen atoms in total. The van der Waals surface area contributed by atoms with Gasteiger partial charge < -0.3 is 24.2 Å². The van der Waals surface area contributed by atoms with E-state index in [1.165, 1.54) is 50.5 Å². The molecule has 0 unspecified atom stereocenters. The highest BCUT2D eigenvalue weighted by atomic mass is 32.2. The molecule has 12 heteroatoms. The van der Waals surface area contributed by atoms with Crippen LogP contribution in [0.2, 0.25) is 0 Å². The molecule has 2 N–H and O–H groups in total. The lowest BCUT2D eigenvalue weighted by molar-refractivity contribution is -0.0497. The van der Waals surface area contributed by atoms with E-state index in [0.29, 0.717) is 86.8 Å². The van der Waals surface area contributed by atoms with Gasteiger partial charge in [-0.05, 0) is 199 Å². The summed E-state index contributed by atoms with van der Waals surface area (Å²) in [6.45, 7) is 12.2. The third-order valence-corrected chi connectivity index (χ3v) is 22.2. The fourth-order valence-corrected chi connectivity index (χ4v) is 17.7. The Labute approximate surface area is 506 Å². The highest BCUT2D eigenvalue weighted by Crippen LogP contribution is 2.68. The molecule has 3 fully saturated rings. The number of methoxy groups -OCH3 is 3. The van der Waals surface area contributed by atoms with Gasteiger partial charge in [-0.1, -0.05) is 102 Å². The van der Waals surface area contributed by atoms with Gasteiger partial charge in [-0.3, -0.25) is 0 Å². The van der Waals surface area contributed by atoms with Crippen molar-refractivity contribution in [3.63, 3.8) is 0 Å². The van der Waals surface area contributed by atoms with Crippen molar-refractivity contribution in [1.82, 2.24) is 19.9 Å². The summed E-state index contributed by atoms with van der Waals surface area (Å²) in [5.74, 6) is 0.268. The molecule has 4 aliphatic carbocycles. The number of H-pyrrole nitrogens is 2. The van der Waals surface area contributed by atoms with Gasteiger partial charge in [0.05, 0.1) is 54.6 Å². The van der Waals surface area contributed by atoms with Crippen molar-refractivity contribution in [3.8, 4) is 61.8 Å². The lowest BCUT2D eigenvalue weighted by Gasteiger charge is -2.58. The zero-order chi connectivity index (χ0) is 59.8. The standard InChI is InChI=1S/C74H76F4N4O3S/c1-41(2)10-9-11-42(3)52-26-27-53-51-25-18-46-40-50(36-38-73(46,4)54(51)37-39-74(52,53)5)86-72-70(77)68(75)67(69(76)71(72)78)66-61-34-32-59(81-61)64(44-14-21-48(84-7)22-15-44)57-30-28-55(79-57)63(43-12-19-47(83-6)20-13-43)56-29-31-58(80-56)65(60-33-35-62(66)82-60)45-16-23-49(85-8)24-17-45/h12-24,28-35,41-42,50-54,79-80H,9-11,25-27,36-40H2,1-8H3/t42-,50+,51+,52-,53+,54+,73+,74-/m1/s1. The first-order chi connectivity index (χ1) is 41.6. The Kier molecular flexibility index (Phi) is 15.5. The molecule has 0 saturated heterocycles. The van der Waals surface area contributed by atoms with Crippen LogP contribution in [0.1, 0.15) is 128 Å². The molecule has 0 radical (unpaired) electrons. The van der Waals surface area contributed by atoms with Crippen LogP contribution in [-0.2, 0) is 0 Å². The summed E-state index contributed by atoms with van der Waals surface area (Å²) >= 11 is 0.937. The summed E-state index contributed by atoms with van der Waals surface area (Å²) in [6.07, 6.45) is 21.4. The zero-order valence-corrected chi connectivity index (χ0v) is 51.3. The van der Waals surface area contributed by atoms with E-state index in [2.05, 4.69) is 50.7 Å². The molecule has 5 heterocycles. The molecule has 3 saturated carbocycles. The largest absolute Gasteiger partial charge is 0.497 e. The third kappa shape index (κ3) is 10.1. The summed E-state index contributed by atoms with van der Waals surface area (Å²) in [7, 11) is 4.84. The third-order valence-electron chi connectivity index (χ3n) is 20.9. The molecule has 7 aromatic rings. The molecule has 0 amide bonds. The van der Waals surface area contributed by atoms with E-state index in [4.69, 9.17) is 24.2 Å². The minimum absolute atomic E-state index is 0.0162. The van der Waals surface area contributed by atoms with Crippen molar-refractivity contribution >= 4 is 58.1 Å². The fourth-order valence-electron chi connectivity index (χ4n) is 16.5. The van der Waals surface area contributed by atoms with E-state index in [1.807, 2.05) is 97.1 Å². The normalized spacial score (nSPS) is 23.4. The van der Waals surface area contributed by atoms with Gasteiger partial charge in [0.15, 0.2) is 23.3 Å². The molecule has 0 spiro atoms. The van der Waals surface area contributed by atoms with E-state index in [9.17, 15) is 0 Å². The maximum Gasteiger partial charge on any atom is 0.176 e. The zero-order valence-electron chi connectivity index (χ0n) is 50.5. The second kappa shape index (κ2) is 23.1. The van der Waals surface area contributed by atoms with Crippen LogP contribution in [0.15, 0.2) is 114 Å². The average Bonchev–Trinajstić information content (AvgIpc) is 1.69. The summed E-state index contributed by atoms with van der Waals surface area (Å²) in [4.78, 5) is 17.1. The highest BCUT2D eigenvalue weighted by Gasteiger charge is 2.59. The van der Waals surface area contributed by atoms with Crippen LogP contribution in [0.25, 0.3) is 90.9 Å². The quantitative estimate of drug-likeness (QED) is 0.0641. The van der Waals surface area contributed by atoms with Crippen LogP contribution in [-0.4, -0.2) is 46.5 Å². The van der Waals surface area contributed by atoms with Crippen LogP contribution in [0, 0.1) is 69.6 Å². The predicted molar refractivity (Wildman–Crippen MR) is 343 cm³/mol. The van der Waals surface area contributed by atoms with Crippen LogP contribution in [0.5, 0.6) is 17.2 Å². The van der Waals surface area contributed by atoms with Crippen molar-refractivity contribution in [2.24, 2.45) is 46.3 Å². The number of benzene rings is 4. The number of halogens is 4. The monoisotopic (exact) mass is 1180 g/mol. The van der Waals surface area contributed by atoms with Gasteiger partial charge in [0.25, 0.3) is 0 Å². The summed E-state index contributed by atoms with van der Waals surface area (Å²) in [6, 6.07) is 30.9. The smallest absolute Gasteiger partial charge is 0.176 e. The van der Waals surface area contributed by atoms with Gasteiger partial charge in [-0.15, -0.1) is 11.8 Å². The molecule has 444 valence electrons. The number of hydrogen-bond donors (Lipinski definition) is 2. The molecular weight excluding hydrogens is 1100 g/mol. The first kappa shape index (κ1) is 57.7. The Morgan fingerprint density at radius 1 is 0.535 bits per heavy atom. The molecule has 3 aromatic heterocycles. The number of aromatic amines is 2. The van der Waals surface area contributed by atoms with Gasteiger partial charge in [0.1, 0.15) is 17.2 Å². The number of thioether (sulfide) groups is 1. The topological polar surface area (TPSA) is 85.1 Å². The lowest BCUT2D eigenvalue weighted by Crippen LogP contribution is -2.50. The number of hydrogen-bond acceptors (Lipinski definition) is 6. The molecular formula is C74H76F4N4O3S. The Hall–Kier alpha value is -7.31. The Morgan fingerprint density at radius 2 is 1.01 bits per heavy atom. The number of ether oxygens (including phenoxy) is 3. The first-order valence-corrected chi connectivity index (χ1v) is 31.8. The molecule has 8 atom stereocenters. The first-order valence-electron chi connectivity index (χ1n) is 30.9. The van der Waals surface area contributed by atoms with Crippen LogP contribution in [0.3, 0.4) is 0 Å². The Morgan fingerprint density at radius 3 is 1.50 bits per heavy atom. The fraction of sp³-hybridized carbons (Fsp3) is 0.378. The molecule has 13 rings (SSSR count). The predicted octanol–water partition coefficient (Wildman–Crippen LogP) is 20.4. The summed E-state index contributed by atoms with van der Waals surface area (Å²) < 4.78 is 86.8. The number of rotatable bonds is 14. The van der Waals surface area contributed by atoms with Crippen molar-refractivity contribution in [3.05, 3.63) is 155 Å². The molecule has 2 aliphatic heterocycles. The van der Waals surface area contributed by atoms with E-state index in [1.54, 1.807) is 45.6 Å². The van der Waals surface area contributed by atoms with Crippen molar-refractivity contribution < 1.29 is 31.8 Å². The molecule has 86 heavy (non-hydrogen) atoms. The number of nitrogens with zero attached hydrogens (tertiary/aromatic N) is 2. The van der Waals surface area contributed by atoms with Crippen molar-refractivity contribution in [2.75, 3.05) is 21.3 Å². The van der Waals surface area contributed by atoms with Gasteiger partial charge >= 0.3 is 0 Å². The number of fused-ring (bicyclic) bond motifs is 13. The summed E-state index contributed by atoms with van der Waals surface area (Å²) in [5.41, 5.74) is 9.19. The second-order valence-electron chi connectivity index (χ2n) is 25.9. The number of nitrogens with one attached hydrogen (secondary N) is 2. The van der Waals surface area contributed by atoms with Crippen LogP contribution >= 0.6 is 11.8 Å². The van der Waals surface area contributed by atoms with Crippen LogP contribution < -0.4 is 14.2 Å². The van der Waals surface area contributed by atoms with E-state index < -0.39 is 33.7 Å². The number of allylic oxidation sites excluding steroid dienone is 2. The van der Waals surface area contributed by atoms with Crippen molar-refractivity contribution in [2.45, 2.75) is 115 Å². The minimum atomic E-state index is -1.50. The average molecular weight is 1180 g/mol. The van der Waals surface area contributed by atoms with Gasteiger partial charge in [-0.2, -0.15) is 0 Å². The molecule has 4 aromatic carbocycles. The maximum absolute atomic E-state index is 17.7. The highest BCUT2D eigenvalue weighted by molar-refractivity contribution is 8.00.